The summed E-state index contributed by atoms with van der Waals surface area (Å²) in [7, 11) is 0. The molecule has 25 heavy (non-hydrogen) atoms. The largest absolute Gasteiger partial charge is 0.462 e. The predicted molar refractivity (Wildman–Crippen MR) is 96.3 cm³/mol. The maximum absolute atomic E-state index is 11.8. The first-order valence-electron chi connectivity index (χ1n) is 10.0. The lowest BCUT2D eigenvalue weighted by atomic mass is 10.1. The van der Waals surface area contributed by atoms with E-state index in [4.69, 9.17) is 9.47 Å². The van der Waals surface area contributed by atoms with Crippen molar-refractivity contribution in [3.8, 4) is 0 Å². The second-order valence-electron chi connectivity index (χ2n) is 7.15. The van der Waals surface area contributed by atoms with Crippen molar-refractivity contribution in [3.05, 3.63) is 0 Å². The quantitative estimate of drug-likeness (QED) is 0.463. The molecule has 2 aliphatic heterocycles. The summed E-state index contributed by atoms with van der Waals surface area (Å²) in [5.74, 6) is -0.116. The van der Waals surface area contributed by atoms with Crippen molar-refractivity contribution >= 4 is 11.9 Å². The number of hydrogen-bond donors (Lipinski definition) is 2. The fourth-order valence-corrected chi connectivity index (χ4v) is 3.39. The van der Waals surface area contributed by atoms with Crippen molar-refractivity contribution in [2.75, 3.05) is 26.2 Å². The van der Waals surface area contributed by atoms with Gasteiger partial charge in [-0.2, -0.15) is 0 Å². The second-order valence-corrected chi connectivity index (χ2v) is 7.15. The molecule has 6 nitrogen and oxygen atoms in total. The Bertz CT molecular complexity index is 355. The molecule has 0 aromatic rings. The summed E-state index contributed by atoms with van der Waals surface area (Å²) in [6, 6.07) is 0. The van der Waals surface area contributed by atoms with Crippen LogP contribution in [0.5, 0.6) is 0 Å². The minimum atomic E-state index is -0.0579. The zero-order chi connectivity index (χ0) is 17.7. The third kappa shape index (κ3) is 9.21. The third-order valence-corrected chi connectivity index (χ3v) is 4.93. The number of rotatable bonds is 10. The van der Waals surface area contributed by atoms with Crippen LogP contribution < -0.4 is 10.6 Å². The molecule has 2 aliphatic rings. The molecular formula is C19H34N2O4. The number of carbonyl (C=O) groups excluding carboxylic acids is 2. The number of esters is 2. The molecule has 2 fully saturated rings. The molecule has 0 saturated carbocycles. The first-order valence-corrected chi connectivity index (χ1v) is 10.0. The van der Waals surface area contributed by atoms with Crippen molar-refractivity contribution in [1.29, 1.82) is 0 Å². The molecule has 144 valence electrons. The summed E-state index contributed by atoms with van der Waals surface area (Å²) >= 11 is 0. The molecule has 0 aromatic heterocycles. The van der Waals surface area contributed by atoms with Crippen LogP contribution in [0.25, 0.3) is 0 Å². The topological polar surface area (TPSA) is 76.7 Å². The summed E-state index contributed by atoms with van der Waals surface area (Å²) in [4.78, 5) is 23.5. The highest BCUT2D eigenvalue weighted by molar-refractivity contribution is 5.69. The van der Waals surface area contributed by atoms with Crippen LogP contribution in [0.4, 0.5) is 0 Å². The molecule has 0 bridgehead atoms. The van der Waals surface area contributed by atoms with Gasteiger partial charge in [-0.3, -0.25) is 9.59 Å². The maximum atomic E-state index is 11.8. The van der Waals surface area contributed by atoms with Gasteiger partial charge in [-0.1, -0.05) is 19.3 Å². The van der Waals surface area contributed by atoms with Crippen molar-refractivity contribution in [1.82, 2.24) is 10.6 Å². The Labute approximate surface area is 151 Å². The first-order chi connectivity index (χ1) is 12.2. The van der Waals surface area contributed by atoms with Crippen LogP contribution in [0, 0.1) is 0 Å². The van der Waals surface area contributed by atoms with Gasteiger partial charge in [0.15, 0.2) is 0 Å². The van der Waals surface area contributed by atoms with Gasteiger partial charge in [0.05, 0.1) is 0 Å². The van der Waals surface area contributed by atoms with Crippen molar-refractivity contribution in [2.45, 2.75) is 82.8 Å². The average molecular weight is 354 g/mol. The Morgan fingerprint density at radius 1 is 0.640 bits per heavy atom. The molecule has 0 amide bonds. The summed E-state index contributed by atoms with van der Waals surface area (Å²) in [5.41, 5.74) is 0. The average Bonchev–Trinajstić information content (AvgIpc) is 2.62. The van der Waals surface area contributed by atoms with Crippen LogP contribution >= 0.6 is 0 Å². The molecule has 0 atom stereocenters. The van der Waals surface area contributed by atoms with Crippen molar-refractivity contribution < 1.29 is 19.1 Å². The van der Waals surface area contributed by atoms with Crippen LogP contribution in [0.1, 0.15) is 70.6 Å². The van der Waals surface area contributed by atoms with Crippen molar-refractivity contribution in [2.24, 2.45) is 0 Å². The van der Waals surface area contributed by atoms with Gasteiger partial charge in [0, 0.05) is 12.8 Å². The lowest BCUT2D eigenvalue weighted by Gasteiger charge is -2.22. The summed E-state index contributed by atoms with van der Waals surface area (Å²) < 4.78 is 11.0. The number of piperidine rings is 2. The minimum absolute atomic E-state index is 0.0579. The Hall–Kier alpha value is -1.14. The molecule has 0 aliphatic carbocycles. The SMILES string of the molecule is O=C(CCCCCCCC(=O)OC1CCNCC1)OC1CCNCC1. The van der Waals surface area contributed by atoms with E-state index in [1.54, 1.807) is 0 Å². The standard InChI is InChI=1S/C19H34N2O4/c22-18(24-16-8-12-20-13-9-16)6-4-2-1-3-5-7-19(23)25-17-10-14-21-15-11-17/h16-17,20-21H,1-15H2. The molecule has 2 rings (SSSR count). The zero-order valence-corrected chi connectivity index (χ0v) is 15.4. The van der Waals surface area contributed by atoms with E-state index < -0.39 is 0 Å². The van der Waals surface area contributed by atoms with Gasteiger partial charge in [-0.05, 0) is 64.7 Å². The van der Waals surface area contributed by atoms with Crippen LogP contribution in [-0.4, -0.2) is 50.3 Å². The molecule has 2 heterocycles. The van der Waals surface area contributed by atoms with Gasteiger partial charge in [0.1, 0.15) is 12.2 Å². The second kappa shape index (κ2) is 12.3. The number of unbranched alkanes of at least 4 members (excludes halogenated alkanes) is 4. The zero-order valence-electron chi connectivity index (χ0n) is 15.4. The number of carbonyl (C=O) groups is 2. The molecule has 2 N–H and O–H groups in total. The van der Waals surface area contributed by atoms with E-state index in [0.29, 0.717) is 12.8 Å². The number of nitrogens with one attached hydrogen (secondary N) is 2. The lowest BCUT2D eigenvalue weighted by molar-refractivity contribution is -0.151. The van der Waals surface area contributed by atoms with Crippen molar-refractivity contribution in [3.63, 3.8) is 0 Å². The monoisotopic (exact) mass is 354 g/mol. The van der Waals surface area contributed by atoms with E-state index >= 15 is 0 Å². The molecule has 0 spiro atoms. The van der Waals surface area contributed by atoms with Crippen LogP contribution in [-0.2, 0) is 19.1 Å². The minimum Gasteiger partial charge on any atom is -0.462 e. The molecule has 2 saturated heterocycles. The first kappa shape index (κ1) is 20.2. The Morgan fingerprint density at radius 2 is 1.00 bits per heavy atom. The Balaban J connectivity index is 1.38. The maximum Gasteiger partial charge on any atom is 0.306 e. The van der Waals surface area contributed by atoms with E-state index in [0.717, 1.165) is 84.0 Å². The third-order valence-electron chi connectivity index (χ3n) is 4.93. The highest BCUT2D eigenvalue weighted by Gasteiger charge is 2.18. The fraction of sp³-hybridized carbons (Fsp3) is 0.895. The summed E-state index contributed by atoms with van der Waals surface area (Å²) in [6.45, 7) is 3.77. The Morgan fingerprint density at radius 3 is 1.40 bits per heavy atom. The molecule has 0 aromatic carbocycles. The van der Waals surface area contributed by atoms with E-state index in [9.17, 15) is 9.59 Å². The van der Waals surface area contributed by atoms with E-state index in [1.165, 1.54) is 0 Å². The number of hydrogen-bond acceptors (Lipinski definition) is 6. The predicted octanol–water partition coefficient (Wildman–Crippen LogP) is 2.31. The van der Waals surface area contributed by atoms with Crippen LogP contribution in [0.2, 0.25) is 0 Å². The summed E-state index contributed by atoms with van der Waals surface area (Å²) in [5, 5.41) is 6.53. The fourth-order valence-electron chi connectivity index (χ4n) is 3.39. The van der Waals surface area contributed by atoms with E-state index in [1.807, 2.05) is 0 Å². The molecule has 0 unspecified atom stereocenters. The van der Waals surface area contributed by atoms with E-state index in [2.05, 4.69) is 10.6 Å². The molecule has 6 heteroatoms. The van der Waals surface area contributed by atoms with Crippen LogP contribution in [0.3, 0.4) is 0 Å². The van der Waals surface area contributed by atoms with Gasteiger partial charge in [0.2, 0.25) is 0 Å². The molecule has 0 radical (unpaired) electrons. The molecular weight excluding hydrogens is 320 g/mol. The number of ether oxygens (including phenoxy) is 2. The van der Waals surface area contributed by atoms with Gasteiger partial charge in [-0.25, -0.2) is 0 Å². The van der Waals surface area contributed by atoms with Gasteiger partial charge < -0.3 is 20.1 Å². The van der Waals surface area contributed by atoms with E-state index in [-0.39, 0.29) is 24.1 Å². The van der Waals surface area contributed by atoms with Gasteiger partial charge >= 0.3 is 11.9 Å². The highest BCUT2D eigenvalue weighted by Crippen LogP contribution is 2.13. The smallest absolute Gasteiger partial charge is 0.306 e. The van der Waals surface area contributed by atoms with Gasteiger partial charge in [0.25, 0.3) is 0 Å². The van der Waals surface area contributed by atoms with Gasteiger partial charge in [-0.15, -0.1) is 0 Å². The van der Waals surface area contributed by atoms with Crippen LogP contribution in [0.15, 0.2) is 0 Å². The highest BCUT2D eigenvalue weighted by atomic mass is 16.5. The normalized spacial score (nSPS) is 19.5. The lowest BCUT2D eigenvalue weighted by Crippen LogP contribution is -2.33. The summed E-state index contributed by atoms with van der Waals surface area (Å²) in [6.07, 6.45) is 9.82. The Kier molecular flexibility index (Phi) is 9.89.